The van der Waals surface area contributed by atoms with Crippen LogP contribution in [-0.4, -0.2) is 22.2 Å². The third-order valence-electron chi connectivity index (χ3n) is 4.65. The summed E-state index contributed by atoms with van der Waals surface area (Å²) >= 11 is 0. The molecule has 1 saturated carbocycles. The molecule has 0 amide bonds. The molecule has 1 aliphatic carbocycles. The van der Waals surface area contributed by atoms with E-state index in [1.165, 1.54) is 16.5 Å². The number of nitrogens with one attached hydrogen (secondary N) is 2. The first-order chi connectivity index (χ1) is 9.66. The van der Waals surface area contributed by atoms with Gasteiger partial charge in [-0.15, -0.1) is 0 Å². The lowest BCUT2D eigenvalue weighted by molar-refractivity contribution is -0.00628. The molecule has 3 N–H and O–H groups in total. The normalized spacial score (nSPS) is 27.0. The molecule has 1 aromatic heterocycles. The molecule has 3 heteroatoms. The molecule has 0 unspecified atom stereocenters. The molecule has 1 aliphatic rings. The summed E-state index contributed by atoms with van der Waals surface area (Å²) < 4.78 is 0. The number of fused-ring (bicyclic) bond motifs is 1. The summed E-state index contributed by atoms with van der Waals surface area (Å²) in [7, 11) is 0. The number of benzene rings is 1. The Hall–Kier alpha value is -1.32. The first-order valence-electron chi connectivity index (χ1n) is 7.64. The Bertz CT molecular complexity index is 567. The summed E-state index contributed by atoms with van der Waals surface area (Å²) in [6, 6.07) is 8.43. The monoisotopic (exact) mass is 272 g/mol. The minimum Gasteiger partial charge on any atom is -0.389 e. The SMILES string of the molecule is CC1CCC(O)(CNCc2cccc3cc[nH]c23)CC1. The van der Waals surface area contributed by atoms with Gasteiger partial charge < -0.3 is 15.4 Å². The Kier molecular flexibility index (Phi) is 3.81. The van der Waals surface area contributed by atoms with E-state index in [9.17, 15) is 5.11 Å². The van der Waals surface area contributed by atoms with Gasteiger partial charge in [0.1, 0.15) is 0 Å². The molecule has 0 atom stereocenters. The zero-order valence-corrected chi connectivity index (χ0v) is 12.2. The molecule has 0 saturated heterocycles. The van der Waals surface area contributed by atoms with Crippen molar-refractivity contribution in [2.24, 2.45) is 5.92 Å². The second-order valence-electron chi connectivity index (χ2n) is 6.37. The van der Waals surface area contributed by atoms with Crippen LogP contribution in [0.3, 0.4) is 0 Å². The lowest BCUT2D eigenvalue weighted by Gasteiger charge is -2.35. The van der Waals surface area contributed by atoms with Crippen LogP contribution in [0.25, 0.3) is 10.9 Å². The van der Waals surface area contributed by atoms with Crippen LogP contribution in [0.1, 0.15) is 38.2 Å². The molecule has 0 aliphatic heterocycles. The van der Waals surface area contributed by atoms with E-state index in [2.05, 4.69) is 41.5 Å². The average Bonchev–Trinajstić information content (AvgIpc) is 2.92. The Morgan fingerprint density at radius 1 is 1.30 bits per heavy atom. The standard InChI is InChI=1S/C17H24N2O/c1-13-5-8-17(20,9-6-13)12-18-11-15-4-2-3-14-7-10-19-16(14)15/h2-4,7,10,13,18-20H,5-6,8-9,11-12H2,1H3. The van der Waals surface area contributed by atoms with E-state index in [1.54, 1.807) is 0 Å². The van der Waals surface area contributed by atoms with Gasteiger partial charge in [-0.2, -0.15) is 0 Å². The zero-order valence-electron chi connectivity index (χ0n) is 12.2. The molecule has 0 bridgehead atoms. The predicted octanol–water partition coefficient (Wildman–Crippen LogP) is 3.20. The fourth-order valence-corrected chi connectivity index (χ4v) is 3.20. The largest absolute Gasteiger partial charge is 0.389 e. The zero-order chi connectivity index (χ0) is 14.0. The van der Waals surface area contributed by atoms with Crippen LogP contribution in [0, 0.1) is 5.92 Å². The minimum absolute atomic E-state index is 0.504. The van der Waals surface area contributed by atoms with Crippen LogP contribution >= 0.6 is 0 Å². The maximum atomic E-state index is 10.6. The fraction of sp³-hybridized carbons (Fsp3) is 0.529. The molecule has 0 radical (unpaired) electrons. The quantitative estimate of drug-likeness (QED) is 0.800. The summed E-state index contributed by atoms with van der Waals surface area (Å²) in [5, 5.41) is 15.3. The summed E-state index contributed by atoms with van der Waals surface area (Å²) in [5.41, 5.74) is 1.96. The molecule has 1 aromatic carbocycles. The van der Waals surface area contributed by atoms with E-state index in [0.29, 0.717) is 6.54 Å². The van der Waals surface area contributed by atoms with Crippen molar-refractivity contribution in [3.8, 4) is 0 Å². The lowest BCUT2D eigenvalue weighted by atomic mass is 9.79. The minimum atomic E-state index is -0.504. The molecule has 20 heavy (non-hydrogen) atoms. The van der Waals surface area contributed by atoms with Crippen molar-refractivity contribution >= 4 is 10.9 Å². The maximum Gasteiger partial charge on any atom is 0.0771 e. The van der Waals surface area contributed by atoms with Gasteiger partial charge in [-0.25, -0.2) is 0 Å². The van der Waals surface area contributed by atoms with E-state index in [-0.39, 0.29) is 0 Å². The molecule has 0 spiro atoms. The molecule has 3 nitrogen and oxygen atoms in total. The van der Waals surface area contributed by atoms with Crippen LogP contribution < -0.4 is 5.32 Å². The number of aliphatic hydroxyl groups is 1. The molecule has 1 heterocycles. The second kappa shape index (κ2) is 5.58. The second-order valence-corrected chi connectivity index (χ2v) is 6.37. The summed E-state index contributed by atoms with van der Waals surface area (Å²) in [4.78, 5) is 3.29. The number of rotatable bonds is 4. The molecular weight excluding hydrogens is 248 g/mol. The van der Waals surface area contributed by atoms with Gasteiger partial charge in [-0.3, -0.25) is 0 Å². The van der Waals surface area contributed by atoms with Crippen LogP contribution in [0.5, 0.6) is 0 Å². The Balaban J connectivity index is 1.59. The van der Waals surface area contributed by atoms with Gasteiger partial charge >= 0.3 is 0 Å². The molecule has 1 fully saturated rings. The van der Waals surface area contributed by atoms with E-state index in [4.69, 9.17) is 0 Å². The van der Waals surface area contributed by atoms with Crippen molar-refractivity contribution in [1.29, 1.82) is 0 Å². The lowest BCUT2D eigenvalue weighted by Crippen LogP contribution is -2.43. The Labute approximate surface area is 120 Å². The topological polar surface area (TPSA) is 48.0 Å². The highest BCUT2D eigenvalue weighted by Crippen LogP contribution is 2.31. The van der Waals surface area contributed by atoms with E-state index < -0.39 is 5.60 Å². The molecule has 2 aromatic rings. The maximum absolute atomic E-state index is 10.6. The first kappa shape index (κ1) is 13.7. The van der Waals surface area contributed by atoms with Gasteiger partial charge in [-0.05, 0) is 48.6 Å². The third kappa shape index (κ3) is 2.89. The van der Waals surface area contributed by atoms with Gasteiger partial charge in [-0.1, -0.05) is 25.1 Å². The van der Waals surface area contributed by atoms with E-state index >= 15 is 0 Å². The average molecular weight is 272 g/mol. The molecular formula is C17H24N2O. The fourth-order valence-electron chi connectivity index (χ4n) is 3.20. The van der Waals surface area contributed by atoms with Crippen molar-refractivity contribution < 1.29 is 5.11 Å². The highest BCUT2D eigenvalue weighted by molar-refractivity contribution is 5.82. The van der Waals surface area contributed by atoms with Crippen LogP contribution in [0.2, 0.25) is 0 Å². The van der Waals surface area contributed by atoms with E-state index in [1.807, 2.05) is 6.20 Å². The summed E-state index contributed by atoms with van der Waals surface area (Å²) in [6.07, 6.45) is 6.11. The van der Waals surface area contributed by atoms with Gasteiger partial charge in [0, 0.05) is 24.8 Å². The van der Waals surface area contributed by atoms with Crippen LogP contribution in [-0.2, 0) is 6.54 Å². The summed E-state index contributed by atoms with van der Waals surface area (Å²) in [6.45, 7) is 3.77. The summed E-state index contributed by atoms with van der Waals surface area (Å²) in [5.74, 6) is 0.767. The predicted molar refractivity (Wildman–Crippen MR) is 82.6 cm³/mol. The van der Waals surface area contributed by atoms with E-state index in [0.717, 1.165) is 38.1 Å². The number of para-hydroxylation sites is 1. The molecule has 108 valence electrons. The van der Waals surface area contributed by atoms with Crippen molar-refractivity contribution in [1.82, 2.24) is 10.3 Å². The number of aromatic amines is 1. The van der Waals surface area contributed by atoms with Gasteiger partial charge in [0.2, 0.25) is 0 Å². The highest BCUT2D eigenvalue weighted by Gasteiger charge is 2.31. The van der Waals surface area contributed by atoms with Gasteiger partial charge in [0.25, 0.3) is 0 Å². The first-order valence-corrected chi connectivity index (χ1v) is 7.64. The van der Waals surface area contributed by atoms with Crippen molar-refractivity contribution in [3.63, 3.8) is 0 Å². The van der Waals surface area contributed by atoms with Crippen LogP contribution in [0.15, 0.2) is 30.5 Å². The molecule has 3 rings (SSSR count). The Morgan fingerprint density at radius 3 is 2.90 bits per heavy atom. The van der Waals surface area contributed by atoms with Gasteiger partial charge in [0.15, 0.2) is 0 Å². The number of hydrogen-bond acceptors (Lipinski definition) is 2. The number of hydrogen-bond donors (Lipinski definition) is 3. The third-order valence-corrected chi connectivity index (χ3v) is 4.65. The van der Waals surface area contributed by atoms with Crippen molar-refractivity contribution in [2.75, 3.05) is 6.54 Å². The van der Waals surface area contributed by atoms with Gasteiger partial charge in [0.05, 0.1) is 5.60 Å². The number of H-pyrrole nitrogens is 1. The van der Waals surface area contributed by atoms with Crippen molar-refractivity contribution in [2.45, 2.75) is 44.8 Å². The highest BCUT2D eigenvalue weighted by atomic mass is 16.3. The van der Waals surface area contributed by atoms with Crippen LogP contribution in [0.4, 0.5) is 0 Å². The Morgan fingerprint density at radius 2 is 2.10 bits per heavy atom. The van der Waals surface area contributed by atoms with Crippen molar-refractivity contribution in [3.05, 3.63) is 36.0 Å². The smallest absolute Gasteiger partial charge is 0.0771 e. The number of aromatic nitrogens is 1.